The number of hydrogen-bond donors (Lipinski definition) is 1. The van der Waals surface area contributed by atoms with E-state index in [4.69, 9.17) is 4.74 Å². The van der Waals surface area contributed by atoms with Crippen LogP contribution in [0.1, 0.15) is 45.1 Å². The predicted molar refractivity (Wildman–Crippen MR) is 97.3 cm³/mol. The van der Waals surface area contributed by atoms with Gasteiger partial charge in [-0.2, -0.15) is 0 Å². The van der Waals surface area contributed by atoms with Crippen LogP contribution in [0.3, 0.4) is 0 Å². The van der Waals surface area contributed by atoms with E-state index in [-0.39, 0.29) is 0 Å². The van der Waals surface area contributed by atoms with Crippen molar-refractivity contribution < 1.29 is 9.84 Å². The molecule has 0 aliphatic carbocycles. The summed E-state index contributed by atoms with van der Waals surface area (Å²) in [5.41, 5.74) is 0.945. The van der Waals surface area contributed by atoms with Crippen molar-refractivity contribution in [2.24, 2.45) is 0 Å². The van der Waals surface area contributed by atoms with Gasteiger partial charge >= 0.3 is 0 Å². The molecule has 1 atom stereocenters. The highest BCUT2D eigenvalue weighted by Gasteiger charge is 2.11. The summed E-state index contributed by atoms with van der Waals surface area (Å²) >= 11 is 3.66. The van der Waals surface area contributed by atoms with E-state index in [0.717, 1.165) is 41.5 Å². The van der Waals surface area contributed by atoms with Gasteiger partial charge in [-0.05, 0) is 43.7 Å². The summed E-state index contributed by atoms with van der Waals surface area (Å²) in [6.07, 6.45) is 5.38. The van der Waals surface area contributed by atoms with Crippen LogP contribution < -0.4 is 4.74 Å². The van der Waals surface area contributed by atoms with Gasteiger partial charge < -0.3 is 9.84 Å². The fraction of sp³-hybridized carbons (Fsp3) is 0.474. The Morgan fingerprint density at radius 1 is 1.14 bits per heavy atom. The molecule has 2 aromatic carbocycles. The maximum absolute atomic E-state index is 10.3. The molecular weight excluding hydrogens is 340 g/mol. The Labute approximate surface area is 141 Å². The predicted octanol–water partition coefficient (Wildman–Crippen LogP) is 5.83. The van der Waals surface area contributed by atoms with Crippen LogP contribution in [-0.2, 0) is 6.42 Å². The normalized spacial score (nSPS) is 12.5. The topological polar surface area (TPSA) is 29.5 Å². The minimum absolute atomic E-state index is 0.385. The number of fused-ring (bicyclic) bond motifs is 1. The maximum Gasteiger partial charge on any atom is 0.127 e. The number of alkyl halides is 1. The number of hydrogen-bond acceptors (Lipinski definition) is 2. The van der Waals surface area contributed by atoms with Crippen molar-refractivity contribution in [1.29, 1.82) is 0 Å². The molecule has 0 aliphatic rings. The molecule has 0 heterocycles. The lowest BCUT2D eigenvalue weighted by atomic mass is 10.0. The molecule has 2 aromatic rings. The van der Waals surface area contributed by atoms with Gasteiger partial charge in [0.2, 0.25) is 0 Å². The molecule has 0 aromatic heterocycles. The van der Waals surface area contributed by atoms with Crippen molar-refractivity contribution in [3.05, 3.63) is 35.9 Å². The van der Waals surface area contributed by atoms with E-state index in [1.165, 1.54) is 19.3 Å². The van der Waals surface area contributed by atoms with E-state index in [1.807, 2.05) is 30.3 Å². The zero-order valence-electron chi connectivity index (χ0n) is 13.4. The lowest BCUT2D eigenvalue weighted by molar-refractivity contribution is 0.308. The Hall–Kier alpha value is -1.22. The van der Waals surface area contributed by atoms with Crippen molar-refractivity contribution in [2.45, 2.75) is 50.8 Å². The molecule has 0 aliphatic heterocycles. The van der Waals surface area contributed by atoms with Gasteiger partial charge in [0.25, 0.3) is 0 Å². The molecular formula is C19H25BrO2. The fourth-order valence-corrected chi connectivity index (χ4v) is 2.95. The second-order valence-electron chi connectivity index (χ2n) is 5.63. The maximum atomic E-state index is 10.3. The molecule has 3 heteroatoms. The number of aryl methyl sites for hydroxylation is 1. The first-order chi connectivity index (χ1) is 10.7. The average Bonchev–Trinajstić information content (AvgIpc) is 2.56. The highest BCUT2D eigenvalue weighted by Crippen LogP contribution is 2.36. The van der Waals surface area contributed by atoms with Crippen molar-refractivity contribution in [3.63, 3.8) is 0 Å². The van der Waals surface area contributed by atoms with Gasteiger partial charge in [-0.25, -0.2) is 0 Å². The van der Waals surface area contributed by atoms with Gasteiger partial charge in [0, 0.05) is 15.6 Å². The highest BCUT2D eigenvalue weighted by molar-refractivity contribution is 9.09. The number of unbranched alkanes of at least 4 members (excludes halogenated alkanes) is 1. The summed E-state index contributed by atoms with van der Waals surface area (Å²) in [5, 5.41) is 12.2. The molecule has 120 valence electrons. The fourth-order valence-electron chi connectivity index (χ4n) is 2.62. The van der Waals surface area contributed by atoms with Crippen LogP contribution in [0, 0.1) is 0 Å². The van der Waals surface area contributed by atoms with E-state index in [1.54, 1.807) is 0 Å². The zero-order valence-corrected chi connectivity index (χ0v) is 15.0. The second-order valence-corrected chi connectivity index (χ2v) is 6.93. The molecule has 0 amide bonds. The number of phenolic OH excluding ortho intramolecular Hbond substituents is 1. The summed E-state index contributed by atoms with van der Waals surface area (Å²) < 4.78 is 6.01. The molecule has 1 N–H and O–H groups in total. The summed E-state index contributed by atoms with van der Waals surface area (Å²) in [6, 6.07) is 9.88. The zero-order chi connectivity index (χ0) is 15.9. The van der Waals surface area contributed by atoms with Crippen LogP contribution in [0.5, 0.6) is 11.5 Å². The van der Waals surface area contributed by atoms with Crippen molar-refractivity contribution in [1.82, 2.24) is 0 Å². The standard InChI is InChI=1S/C19H25BrO2/c1-3-14-13-18(22-12-8-7-9-15(20)4-2)16-10-5-6-11-17(16)19(14)21/h5-6,10-11,13,15,21H,3-4,7-9,12H2,1-2H3. The first-order valence-corrected chi connectivity index (χ1v) is 9.09. The van der Waals surface area contributed by atoms with Crippen LogP contribution in [0.4, 0.5) is 0 Å². The molecule has 0 bridgehead atoms. The molecule has 22 heavy (non-hydrogen) atoms. The summed E-state index contributed by atoms with van der Waals surface area (Å²) in [7, 11) is 0. The molecule has 0 saturated heterocycles. The van der Waals surface area contributed by atoms with E-state index >= 15 is 0 Å². The summed E-state index contributed by atoms with van der Waals surface area (Å²) in [6.45, 7) is 4.97. The molecule has 0 radical (unpaired) electrons. The van der Waals surface area contributed by atoms with Gasteiger partial charge in [-0.15, -0.1) is 0 Å². The van der Waals surface area contributed by atoms with Crippen molar-refractivity contribution in [2.75, 3.05) is 6.61 Å². The Morgan fingerprint density at radius 2 is 1.86 bits per heavy atom. The van der Waals surface area contributed by atoms with E-state index in [9.17, 15) is 5.11 Å². The smallest absolute Gasteiger partial charge is 0.127 e. The molecule has 0 fully saturated rings. The largest absolute Gasteiger partial charge is 0.507 e. The second kappa shape index (κ2) is 8.42. The first-order valence-electron chi connectivity index (χ1n) is 8.17. The number of phenols is 1. The van der Waals surface area contributed by atoms with E-state index in [0.29, 0.717) is 10.6 Å². The van der Waals surface area contributed by atoms with E-state index < -0.39 is 0 Å². The molecule has 0 spiro atoms. The van der Waals surface area contributed by atoms with Crippen molar-refractivity contribution >= 4 is 26.7 Å². The van der Waals surface area contributed by atoms with E-state index in [2.05, 4.69) is 29.8 Å². The lowest BCUT2D eigenvalue weighted by Gasteiger charge is -2.14. The van der Waals surface area contributed by atoms with Gasteiger partial charge in [-0.3, -0.25) is 0 Å². The Morgan fingerprint density at radius 3 is 2.55 bits per heavy atom. The van der Waals surface area contributed by atoms with Crippen LogP contribution in [0.25, 0.3) is 10.8 Å². The Balaban J connectivity index is 2.06. The molecule has 2 nitrogen and oxygen atoms in total. The average molecular weight is 365 g/mol. The summed E-state index contributed by atoms with van der Waals surface area (Å²) in [5.74, 6) is 1.27. The summed E-state index contributed by atoms with van der Waals surface area (Å²) in [4.78, 5) is 0.619. The quantitative estimate of drug-likeness (QED) is 0.471. The first kappa shape index (κ1) is 17.1. The number of aromatic hydroxyl groups is 1. The third-order valence-electron chi connectivity index (χ3n) is 4.05. The number of halogens is 1. The molecule has 2 rings (SSSR count). The number of rotatable bonds is 8. The van der Waals surface area contributed by atoms with Crippen LogP contribution in [0.2, 0.25) is 0 Å². The number of benzene rings is 2. The highest BCUT2D eigenvalue weighted by atomic mass is 79.9. The van der Waals surface area contributed by atoms with Crippen LogP contribution in [0.15, 0.2) is 30.3 Å². The minimum Gasteiger partial charge on any atom is -0.507 e. The monoisotopic (exact) mass is 364 g/mol. The molecule has 0 saturated carbocycles. The SMILES string of the molecule is CCc1cc(OCCCCC(Br)CC)c2ccccc2c1O. The third kappa shape index (κ3) is 4.16. The van der Waals surface area contributed by atoms with Crippen LogP contribution >= 0.6 is 15.9 Å². The minimum atomic E-state index is 0.385. The Bertz CT molecular complexity index is 610. The Kier molecular flexibility index (Phi) is 6.56. The number of ether oxygens (including phenoxy) is 1. The van der Waals surface area contributed by atoms with Crippen LogP contribution in [-0.4, -0.2) is 16.5 Å². The van der Waals surface area contributed by atoms with Gasteiger partial charge in [0.05, 0.1) is 6.61 Å². The lowest BCUT2D eigenvalue weighted by Crippen LogP contribution is -2.01. The molecule has 1 unspecified atom stereocenters. The van der Waals surface area contributed by atoms with Crippen molar-refractivity contribution in [3.8, 4) is 11.5 Å². The van der Waals surface area contributed by atoms with Gasteiger partial charge in [-0.1, -0.05) is 54.0 Å². The third-order valence-corrected chi connectivity index (χ3v) is 5.16. The van der Waals surface area contributed by atoms with Gasteiger partial charge in [0.1, 0.15) is 11.5 Å². The van der Waals surface area contributed by atoms with Gasteiger partial charge in [0.15, 0.2) is 0 Å².